The van der Waals surface area contributed by atoms with Gasteiger partial charge in [-0.05, 0) is 44.0 Å². The van der Waals surface area contributed by atoms with E-state index in [1.54, 1.807) is 17.9 Å². The van der Waals surface area contributed by atoms with E-state index in [4.69, 9.17) is 11.6 Å². The Morgan fingerprint density at radius 2 is 2.03 bits per heavy atom. The van der Waals surface area contributed by atoms with E-state index in [-0.39, 0.29) is 28.4 Å². The standard InChI is InChI=1S/C23H19ClF4N4O3S/c1-22(20(34)35)7-8-32(16(24)9-22)17-6-5-12(10-29-17)19(33)31-21-30-15(11-36-21)13-3-2-4-14(18(13)25)23(26,27)28/h2-6,10-11,16H,7-9H2,1H3,(H,34,35)(H,30,31,33). The lowest BCUT2D eigenvalue weighted by Gasteiger charge is -2.40. The highest BCUT2D eigenvalue weighted by Gasteiger charge is 2.41. The van der Waals surface area contributed by atoms with Crippen molar-refractivity contribution in [3.8, 4) is 11.3 Å². The van der Waals surface area contributed by atoms with Crippen molar-refractivity contribution in [2.45, 2.75) is 31.4 Å². The molecule has 0 bridgehead atoms. The smallest absolute Gasteiger partial charge is 0.419 e. The molecule has 0 aliphatic carbocycles. The lowest BCUT2D eigenvalue weighted by molar-refractivity contribution is -0.149. The Hall–Kier alpha value is -3.25. The average Bonchev–Trinajstić information content (AvgIpc) is 3.26. The average molecular weight is 543 g/mol. The highest BCUT2D eigenvalue weighted by Crippen LogP contribution is 2.38. The van der Waals surface area contributed by atoms with Gasteiger partial charge in [0.25, 0.3) is 5.91 Å². The SMILES string of the molecule is CC1(C(=O)O)CCN(c2ccc(C(=O)Nc3nc(-c4cccc(C(F)(F)F)c4F)cs3)cn2)C(Cl)C1. The molecule has 3 aromatic rings. The van der Waals surface area contributed by atoms with Gasteiger partial charge in [-0.2, -0.15) is 13.2 Å². The van der Waals surface area contributed by atoms with E-state index in [0.29, 0.717) is 24.8 Å². The van der Waals surface area contributed by atoms with E-state index in [0.717, 1.165) is 17.4 Å². The summed E-state index contributed by atoms with van der Waals surface area (Å²) in [6.07, 6.45) is -2.92. The molecule has 2 unspecified atom stereocenters. The largest absolute Gasteiger partial charge is 0.481 e. The molecule has 1 saturated heterocycles. The molecule has 7 nitrogen and oxygen atoms in total. The van der Waals surface area contributed by atoms with Crippen LogP contribution in [0.3, 0.4) is 0 Å². The number of benzene rings is 1. The predicted molar refractivity (Wildman–Crippen MR) is 127 cm³/mol. The molecule has 2 atom stereocenters. The number of thiazole rings is 1. The first-order chi connectivity index (χ1) is 16.9. The van der Waals surface area contributed by atoms with Gasteiger partial charge in [0, 0.05) is 23.7 Å². The molecular formula is C23H19ClF4N4O3S. The van der Waals surface area contributed by atoms with Gasteiger partial charge < -0.3 is 10.0 Å². The number of carbonyl (C=O) groups excluding carboxylic acids is 1. The third-order valence-corrected chi connectivity index (χ3v) is 7.13. The summed E-state index contributed by atoms with van der Waals surface area (Å²) < 4.78 is 53.4. The molecule has 0 saturated carbocycles. The van der Waals surface area contributed by atoms with Crippen molar-refractivity contribution in [3.05, 3.63) is 58.9 Å². The number of aliphatic carboxylic acids is 1. The van der Waals surface area contributed by atoms with Crippen molar-refractivity contribution >= 4 is 45.8 Å². The maximum absolute atomic E-state index is 14.4. The number of hydrogen-bond acceptors (Lipinski definition) is 6. The maximum atomic E-state index is 14.4. The Bertz CT molecular complexity index is 1300. The van der Waals surface area contributed by atoms with Crippen molar-refractivity contribution in [2.75, 3.05) is 16.8 Å². The van der Waals surface area contributed by atoms with E-state index < -0.39 is 40.3 Å². The van der Waals surface area contributed by atoms with Gasteiger partial charge in [-0.25, -0.2) is 14.4 Å². The van der Waals surface area contributed by atoms with Gasteiger partial charge in [0.1, 0.15) is 17.1 Å². The molecule has 2 N–H and O–H groups in total. The molecule has 0 radical (unpaired) electrons. The van der Waals surface area contributed by atoms with Crippen LogP contribution in [-0.2, 0) is 11.0 Å². The molecule has 2 aromatic heterocycles. The summed E-state index contributed by atoms with van der Waals surface area (Å²) in [5, 5.41) is 13.3. The second-order valence-corrected chi connectivity index (χ2v) is 9.87. The molecular weight excluding hydrogens is 524 g/mol. The summed E-state index contributed by atoms with van der Waals surface area (Å²) >= 11 is 7.33. The number of hydrogen-bond donors (Lipinski definition) is 2. The number of carboxylic acids is 1. The Kier molecular flexibility index (Phi) is 6.93. The van der Waals surface area contributed by atoms with Crippen LogP contribution in [0.2, 0.25) is 0 Å². The van der Waals surface area contributed by atoms with E-state index in [1.807, 2.05) is 0 Å². The maximum Gasteiger partial charge on any atom is 0.419 e. The first-order valence-corrected chi connectivity index (χ1v) is 11.9. The number of nitrogens with zero attached hydrogens (tertiary/aromatic N) is 3. The third kappa shape index (κ3) is 5.14. The van der Waals surface area contributed by atoms with Crippen LogP contribution in [-0.4, -0.2) is 39.0 Å². The van der Waals surface area contributed by atoms with Crippen LogP contribution in [0.25, 0.3) is 11.3 Å². The van der Waals surface area contributed by atoms with Crippen LogP contribution in [0.4, 0.5) is 28.5 Å². The number of rotatable bonds is 5. The number of aromatic nitrogens is 2. The Balaban J connectivity index is 1.45. The van der Waals surface area contributed by atoms with E-state index >= 15 is 0 Å². The van der Waals surface area contributed by atoms with Crippen molar-refractivity contribution in [1.82, 2.24) is 9.97 Å². The van der Waals surface area contributed by atoms with Crippen LogP contribution in [0.5, 0.6) is 0 Å². The zero-order chi connectivity index (χ0) is 26.3. The summed E-state index contributed by atoms with van der Waals surface area (Å²) in [5.74, 6) is -2.43. The highest BCUT2D eigenvalue weighted by atomic mass is 35.5. The second kappa shape index (κ2) is 9.66. The molecule has 1 aliphatic rings. The Labute approximate surface area is 211 Å². The minimum Gasteiger partial charge on any atom is -0.481 e. The van der Waals surface area contributed by atoms with E-state index in [1.165, 1.54) is 23.7 Å². The van der Waals surface area contributed by atoms with Crippen LogP contribution in [0, 0.1) is 11.2 Å². The number of halogens is 5. The fourth-order valence-electron chi connectivity index (χ4n) is 3.81. The Morgan fingerprint density at radius 3 is 2.64 bits per heavy atom. The first kappa shape index (κ1) is 25.8. The normalized spacial score (nSPS) is 20.3. The van der Waals surface area contributed by atoms with Gasteiger partial charge in [0.2, 0.25) is 0 Å². The Morgan fingerprint density at radius 1 is 1.28 bits per heavy atom. The van der Waals surface area contributed by atoms with Crippen molar-refractivity contribution in [3.63, 3.8) is 0 Å². The van der Waals surface area contributed by atoms with Gasteiger partial charge in [0.05, 0.1) is 22.2 Å². The summed E-state index contributed by atoms with van der Waals surface area (Å²) in [4.78, 5) is 34.2. The zero-order valence-corrected chi connectivity index (χ0v) is 20.2. The lowest BCUT2D eigenvalue weighted by atomic mass is 9.80. The molecule has 1 aliphatic heterocycles. The molecule has 36 heavy (non-hydrogen) atoms. The zero-order valence-electron chi connectivity index (χ0n) is 18.6. The fraction of sp³-hybridized carbons (Fsp3) is 0.304. The highest BCUT2D eigenvalue weighted by molar-refractivity contribution is 7.14. The second-order valence-electron chi connectivity index (χ2n) is 8.51. The summed E-state index contributed by atoms with van der Waals surface area (Å²) in [6, 6.07) is 6.00. The number of pyridine rings is 1. The fourth-order valence-corrected chi connectivity index (χ4v) is 5.05. The number of piperidine rings is 1. The van der Waals surface area contributed by atoms with Gasteiger partial charge >= 0.3 is 12.1 Å². The molecule has 1 fully saturated rings. The number of anilines is 2. The topological polar surface area (TPSA) is 95.4 Å². The molecule has 1 aromatic carbocycles. The molecule has 0 spiro atoms. The van der Waals surface area contributed by atoms with Gasteiger partial charge in [0.15, 0.2) is 5.13 Å². The number of carbonyl (C=O) groups is 2. The number of amides is 1. The molecule has 1 amide bonds. The third-order valence-electron chi connectivity index (χ3n) is 5.99. The van der Waals surface area contributed by atoms with Crippen molar-refractivity contribution < 1.29 is 32.3 Å². The number of alkyl halides is 4. The van der Waals surface area contributed by atoms with Crippen LogP contribution < -0.4 is 10.2 Å². The first-order valence-electron chi connectivity index (χ1n) is 10.6. The quantitative estimate of drug-likeness (QED) is 0.238. The van der Waals surface area contributed by atoms with Crippen LogP contribution in [0.15, 0.2) is 41.9 Å². The van der Waals surface area contributed by atoms with Crippen LogP contribution in [0.1, 0.15) is 35.7 Å². The van der Waals surface area contributed by atoms with Crippen molar-refractivity contribution in [1.29, 1.82) is 0 Å². The minimum atomic E-state index is -4.85. The summed E-state index contributed by atoms with van der Waals surface area (Å²) in [5.41, 5.74) is -3.10. The molecule has 13 heteroatoms. The number of carboxylic acid groups (broad SMARTS) is 1. The monoisotopic (exact) mass is 542 g/mol. The van der Waals surface area contributed by atoms with Gasteiger partial charge in [-0.15, -0.1) is 11.3 Å². The predicted octanol–water partition coefficient (Wildman–Crippen LogP) is 5.87. The summed E-state index contributed by atoms with van der Waals surface area (Å²) in [7, 11) is 0. The number of nitrogens with one attached hydrogen (secondary N) is 1. The minimum absolute atomic E-state index is 0.0426. The summed E-state index contributed by atoms with van der Waals surface area (Å²) in [6.45, 7) is 2.03. The lowest BCUT2D eigenvalue weighted by Crippen LogP contribution is -2.47. The van der Waals surface area contributed by atoms with E-state index in [9.17, 15) is 32.3 Å². The molecule has 190 valence electrons. The van der Waals surface area contributed by atoms with E-state index in [2.05, 4.69) is 15.3 Å². The van der Waals surface area contributed by atoms with Gasteiger partial charge in [-0.3, -0.25) is 14.9 Å². The van der Waals surface area contributed by atoms with Crippen molar-refractivity contribution in [2.24, 2.45) is 5.41 Å². The van der Waals surface area contributed by atoms with Gasteiger partial charge in [-0.1, -0.05) is 17.7 Å². The molecule has 4 rings (SSSR count). The molecule has 3 heterocycles. The van der Waals surface area contributed by atoms with Crippen LogP contribution >= 0.6 is 22.9 Å².